The Morgan fingerprint density at radius 2 is 2.06 bits per heavy atom. The number of carbonyl (C=O) groups is 1. The maximum atomic E-state index is 11.8. The highest BCUT2D eigenvalue weighted by Gasteiger charge is 2.05. The highest BCUT2D eigenvalue weighted by Crippen LogP contribution is 2.15. The first-order valence-corrected chi connectivity index (χ1v) is 6.13. The largest absolute Gasteiger partial charge is 0.352 e. The SMILES string of the molecule is CNCCCNC(=O)c1cc(C)cc(Br)c1. The van der Waals surface area contributed by atoms with Crippen LogP contribution in [0, 0.1) is 6.92 Å². The Bertz CT molecular complexity index is 346. The molecule has 0 saturated heterocycles. The van der Waals surface area contributed by atoms with E-state index in [2.05, 4.69) is 26.6 Å². The second-order valence-corrected chi connectivity index (χ2v) is 4.65. The van der Waals surface area contributed by atoms with E-state index in [4.69, 9.17) is 0 Å². The van der Waals surface area contributed by atoms with E-state index in [0.29, 0.717) is 12.1 Å². The van der Waals surface area contributed by atoms with Crippen LogP contribution in [0.25, 0.3) is 0 Å². The van der Waals surface area contributed by atoms with Gasteiger partial charge in [-0.3, -0.25) is 4.79 Å². The van der Waals surface area contributed by atoms with E-state index in [1.54, 1.807) is 0 Å². The molecular formula is C12H17BrN2O. The van der Waals surface area contributed by atoms with Crippen LogP contribution in [-0.2, 0) is 0 Å². The summed E-state index contributed by atoms with van der Waals surface area (Å²) in [4.78, 5) is 11.8. The number of halogens is 1. The fourth-order valence-corrected chi connectivity index (χ4v) is 2.04. The molecule has 0 atom stereocenters. The average Bonchev–Trinajstić information content (AvgIpc) is 2.22. The number of rotatable bonds is 5. The Hall–Kier alpha value is -0.870. The highest BCUT2D eigenvalue weighted by molar-refractivity contribution is 9.10. The summed E-state index contributed by atoms with van der Waals surface area (Å²) in [5, 5.41) is 5.93. The maximum Gasteiger partial charge on any atom is 0.251 e. The molecule has 16 heavy (non-hydrogen) atoms. The summed E-state index contributed by atoms with van der Waals surface area (Å²) in [6, 6.07) is 5.70. The third kappa shape index (κ3) is 4.33. The minimum absolute atomic E-state index is 0.0134. The Kier molecular flexibility index (Phi) is 5.49. The predicted molar refractivity (Wildman–Crippen MR) is 69.8 cm³/mol. The molecule has 0 heterocycles. The maximum absolute atomic E-state index is 11.8. The van der Waals surface area contributed by atoms with E-state index in [1.165, 1.54) is 0 Å². The molecule has 0 radical (unpaired) electrons. The van der Waals surface area contributed by atoms with Gasteiger partial charge in [0.25, 0.3) is 5.91 Å². The Morgan fingerprint density at radius 3 is 2.69 bits per heavy atom. The normalized spacial score (nSPS) is 10.2. The molecule has 0 aliphatic rings. The van der Waals surface area contributed by atoms with Gasteiger partial charge in [-0.15, -0.1) is 0 Å². The molecule has 4 heteroatoms. The summed E-state index contributed by atoms with van der Waals surface area (Å²) in [5.74, 6) is -0.0134. The third-order valence-electron chi connectivity index (χ3n) is 2.19. The molecule has 1 aromatic carbocycles. The van der Waals surface area contributed by atoms with Crippen LogP contribution in [0.15, 0.2) is 22.7 Å². The van der Waals surface area contributed by atoms with Crippen molar-refractivity contribution < 1.29 is 4.79 Å². The number of amides is 1. The summed E-state index contributed by atoms with van der Waals surface area (Å²) in [7, 11) is 1.90. The van der Waals surface area contributed by atoms with Crippen molar-refractivity contribution in [2.24, 2.45) is 0 Å². The molecule has 0 aliphatic heterocycles. The molecule has 0 aromatic heterocycles. The van der Waals surface area contributed by atoms with Crippen molar-refractivity contribution in [3.63, 3.8) is 0 Å². The molecular weight excluding hydrogens is 268 g/mol. The molecule has 0 bridgehead atoms. The summed E-state index contributed by atoms with van der Waals surface area (Å²) in [6.07, 6.45) is 0.940. The first-order valence-electron chi connectivity index (χ1n) is 5.33. The summed E-state index contributed by atoms with van der Waals surface area (Å²) >= 11 is 3.38. The Morgan fingerprint density at radius 1 is 1.31 bits per heavy atom. The van der Waals surface area contributed by atoms with Crippen LogP contribution in [0.1, 0.15) is 22.3 Å². The second kappa shape index (κ2) is 6.66. The van der Waals surface area contributed by atoms with Crippen molar-refractivity contribution in [3.8, 4) is 0 Å². The zero-order valence-corrected chi connectivity index (χ0v) is 11.2. The number of carbonyl (C=O) groups excluding carboxylic acids is 1. The summed E-state index contributed by atoms with van der Waals surface area (Å²) in [6.45, 7) is 3.59. The summed E-state index contributed by atoms with van der Waals surface area (Å²) in [5.41, 5.74) is 1.78. The Balaban J connectivity index is 2.52. The molecule has 88 valence electrons. The standard InChI is InChI=1S/C12H17BrN2O/c1-9-6-10(8-11(13)7-9)12(16)15-5-3-4-14-2/h6-8,14H,3-5H2,1-2H3,(H,15,16). The van der Waals surface area contributed by atoms with Gasteiger partial charge in [-0.2, -0.15) is 0 Å². The van der Waals surface area contributed by atoms with E-state index in [0.717, 1.165) is 23.0 Å². The lowest BCUT2D eigenvalue weighted by Crippen LogP contribution is -2.26. The van der Waals surface area contributed by atoms with Gasteiger partial charge in [-0.25, -0.2) is 0 Å². The lowest BCUT2D eigenvalue weighted by atomic mass is 10.1. The van der Waals surface area contributed by atoms with Crippen LogP contribution in [0.5, 0.6) is 0 Å². The van der Waals surface area contributed by atoms with Crippen LogP contribution in [0.2, 0.25) is 0 Å². The van der Waals surface area contributed by atoms with Crippen LogP contribution in [-0.4, -0.2) is 26.0 Å². The molecule has 0 fully saturated rings. The molecule has 3 nitrogen and oxygen atoms in total. The van der Waals surface area contributed by atoms with Gasteiger partial charge in [0.2, 0.25) is 0 Å². The van der Waals surface area contributed by atoms with Gasteiger partial charge in [0.1, 0.15) is 0 Å². The molecule has 1 amide bonds. The first-order chi connectivity index (χ1) is 7.63. The van der Waals surface area contributed by atoms with Crippen LogP contribution < -0.4 is 10.6 Å². The van der Waals surface area contributed by atoms with Crippen LogP contribution in [0.3, 0.4) is 0 Å². The number of hydrogen-bond acceptors (Lipinski definition) is 2. The van der Waals surface area contributed by atoms with Gasteiger partial charge >= 0.3 is 0 Å². The minimum Gasteiger partial charge on any atom is -0.352 e. The lowest BCUT2D eigenvalue weighted by Gasteiger charge is -2.06. The van der Waals surface area contributed by atoms with Crippen LogP contribution in [0.4, 0.5) is 0 Å². The first kappa shape index (κ1) is 13.2. The van der Waals surface area contributed by atoms with E-state index in [9.17, 15) is 4.79 Å². The predicted octanol–water partition coefficient (Wildman–Crippen LogP) is 2.10. The topological polar surface area (TPSA) is 41.1 Å². The average molecular weight is 285 g/mol. The van der Waals surface area contributed by atoms with E-state index in [-0.39, 0.29) is 5.91 Å². The number of hydrogen-bond donors (Lipinski definition) is 2. The van der Waals surface area contributed by atoms with Gasteiger partial charge < -0.3 is 10.6 Å². The van der Waals surface area contributed by atoms with Gasteiger partial charge in [-0.1, -0.05) is 15.9 Å². The Labute approximate surface area is 105 Å². The second-order valence-electron chi connectivity index (χ2n) is 3.73. The molecule has 2 N–H and O–H groups in total. The van der Waals surface area contributed by atoms with Crippen molar-refractivity contribution in [2.45, 2.75) is 13.3 Å². The molecule has 1 aromatic rings. The molecule has 0 spiro atoms. The summed E-state index contributed by atoms with van der Waals surface area (Å²) < 4.78 is 0.938. The molecule has 0 aliphatic carbocycles. The third-order valence-corrected chi connectivity index (χ3v) is 2.65. The molecule has 0 unspecified atom stereocenters. The minimum atomic E-state index is -0.0134. The van der Waals surface area contributed by atoms with Gasteiger partial charge in [0.15, 0.2) is 0 Å². The monoisotopic (exact) mass is 284 g/mol. The van der Waals surface area contributed by atoms with Gasteiger partial charge in [-0.05, 0) is 50.7 Å². The van der Waals surface area contributed by atoms with Crippen molar-refractivity contribution in [1.29, 1.82) is 0 Å². The fraction of sp³-hybridized carbons (Fsp3) is 0.417. The molecule has 0 saturated carbocycles. The van der Waals surface area contributed by atoms with Crippen molar-refractivity contribution >= 4 is 21.8 Å². The van der Waals surface area contributed by atoms with E-state index in [1.807, 2.05) is 32.2 Å². The smallest absolute Gasteiger partial charge is 0.251 e. The lowest BCUT2D eigenvalue weighted by molar-refractivity contribution is 0.0953. The zero-order chi connectivity index (χ0) is 12.0. The van der Waals surface area contributed by atoms with Crippen LogP contribution >= 0.6 is 15.9 Å². The number of benzene rings is 1. The van der Waals surface area contributed by atoms with Crippen molar-refractivity contribution in [3.05, 3.63) is 33.8 Å². The quantitative estimate of drug-likeness (QED) is 0.813. The van der Waals surface area contributed by atoms with E-state index < -0.39 is 0 Å². The van der Waals surface area contributed by atoms with Crippen molar-refractivity contribution in [2.75, 3.05) is 20.1 Å². The van der Waals surface area contributed by atoms with Crippen molar-refractivity contribution in [1.82, 2.24) is 10.6 Å². The zero-order valence-electron chi connectivity index (χ0n) is 9.64. The molecule has 1 rings (SSSR count). The fourth-order valence-electron chi connectivity index (χ4n) is 1.44. The van der Waals surface area contributed by atoms with Gasteiger partial charge in [0.05, 0.1) is 0 Å². The van der Waals surface area contributed by atoms with E-state index >= 15 is 0 Å². The number of nitrogens with one attached hydrogen (secondary N) is 2. The van der Waals surface area contributed by atoms with Gasteiger partial charge in [0, 0.05) is 16.6 Å². The highest BCUT2D eigenvalue weighted by atomic mass is 79.9. The number of aryl methyl sites for hydroxylation is 1.